The van der Waals surface area contributed by atoms with Gasteiger partial charge < -0.3 is 15.2 Å². The highest BCUT2D eigenvalue weighted by Gasteiger charge is 2.12. The highest BCUT2D eigenvalue weighted by Crippen LogP contribution is 1.94. The SMILES string of the molecule is CC(NCCN1CCOCC1)C(=O)O. The fourth-order valence-corrected chi connectivity index (χ4v) is 1.35. The van der Waals surface area contributed by atoms with Crippen LogP contribution in [-0.4, -0.2) is 61.4 Å². The number of rotatable bonds is 5. The molecule has 0 aromatic rings. The third kappa shape index (κ3) is 4.04. The van der Waals surface area contributed by atoms with Gasteiger partial charge in [0.25, 0.3) is 0 Å². The summed E-state index contributed by atoms with van der Waals surface area (Å²) in [5, 5.41) is 11.6. The number of hydrogen-bond donors (Lipinski definition) is 2. The number of morpholine rings is 1. The van der Waals surface area contributed by atoms with Crippen LogP contribution in [0.25, 0.3) is 0 Å². The minimum atomic E-state index is -0.799. The van der Waals surface area contributed by atoms with E-state index >= 15 is 0 Å². The van der Waals surface area contributed by atoms with Crippen LogP contribution in [0.1, 0.15) is 6.92 Å². The largest absolute Gasteiger partial charge is 0.480 e. The average Bonchev–Trinajstić information content (AvgIpc) is 2.19. The van der Waals surface area contributed by atoms with Gasteiger partial charge in [-0.3, -0.25) is 9.69 Å². The van der Waals surface area contributed by atoms with E-state index in [4.69, 9.17) is 9.84 Å². The van der Waals surface area contributed by atoms with Crippen molar-refractivity contribution < 1.29 is 14.6 Å². The van der Waals surface area contributed by atoms with Gasteiger partial charge in [-0.1, -0.05) is 0 Å². The van der Waals surface area contributed by atoms with Crippen LogP contribution in [0.2, 0.25) is 0 Å². The fourth-order valence-electron chi connectivity index (χ4n) is 1.35. The van der Waals surface area contributed by atoms with Crippen molar-refractivity contribution in [2.24, 2.45) is 0 Å². The van der Waals surface area contributed by atoms with Crippen molar-refractivity contribution in [3.05, 3.63) is 0 Å². The standard InChI is InChI=1S/C9H18N2O3/c1-8(9(12)13)10-2-3-11-4-6-14-7-5-11/h8,10H,2-7H2,1H3,(H,12,13). The molecular weight excluding hydrogens is 184 g/mol. The second kappa shape index (κ2) is 5.95. The van der Waals surface area contributed by atoms with Gasteiger partial charge >= 0.3 is 5.97 Å². The minimum absolute atomic E-state index is 0.462. The summed E-state index contributed by atoms with van der Waals surface area (Å²) in [6, 6.07) is -0.462. The molecule has 1 saturated heterocycles. The lowest BCUT2D eigenvalue weighted by Gasteiger charge is -2.26. The quantitative estimate of drug-likeness (QED) is 0.622. The Morgan fingerprint density at radius 3 is 2.79 bits per heavy atom. The molecule has 14 heavy (non-hydrogen) atoms. The molecule has 0 saturated carbocycles. The first-order valence-corrected chi connectivity index (χ1v) is 4.96. The van der Waals surface area contributed by atoms with E-state index in [2.05, 4.69) is 10.2 Å². The van der Waals surface area contributed by atoms with E-state index in [0.29, 0.717) is 6.54 Å². The van der Waals surface area contributed by atoms with Gasteiger partial charge in [0.1, 0.15) is 6.04 Å². The first-order valence-electron chi connectivity index (χ1n) is 4.96. The van der Waals surface area contributed by atoms with Gasteiger partial charge in [0, 0.05) is 26.2 Å². The molecule has 5 heteroatoms. The van der Waals surface area contributed by atoms with E-state index < -0.39 is 12.0 Å². The Morgan fingerprint density at radius 2 is 2.21 bits per heavy atom. The monoisotopic (exact) mass is 202 g/mol. The van der Waals surface area contributed by atoms with Crippen molar-refractivity contribution in [1.29, 1.82) is 0 Å². The average molecular weight is 202 g/mol. The molecule has 1 aliphatic heterocycles. The van der Waals surface area contributed by atoms with Crippen LogP contribution >= 0.6 is 0 Å². The number of aliphatic carboxylic acids is 1. The summed E-state index contributed by atoms with van der Waals surface area (Å²) in [5.74, 6) is -0.799. The van der Waals surface area contributed by atoms with Gasteiger partial charge in [-0.05, 0) is 6.92 Å². The van der Waals surface area contributed by atoms with Gasteiger partial charge in [0.2, 0.25) is 0 Å². The number of ether oxygens (including phenoxy) is 1. The maximum Gasteiger partial charge on any atom is 0.320 e. The molecule has 1 atom stereocenters. The molecule has 0 aliphatic carbocycles. The van der Waals surface area contributed by atoms with Crippen molar-refractivity contribution in [2.75, 3.05) is 39.4 Å². The lowest BCUT2D eigenvalue weighted by Crippen LogP contribution is -2.43. The zero-order valence-electron chi connectivity index (χ0n) is 8.53. The molecule has 1 aliphatic rings. The Morgan fingerprint density at radius 1 is 1.57 bits per heavy atom. The Labute approximate surface area is 84.0 Å². The third-order valence-electron chi connectivity index (χ3n) is 2.35. The molecule has 0 amide bonds. The zero-order valence-corrected chi connectivity index (χ0v) is 8.53. The summed E-state index contributed by atoms with van der Waals surface area (Å²) in [6.45, 7) is 6.73. The van der Waals surface area contributed by atoms with Crippen LogP contribution in [0, 0.1) is 0 Å². The topological polar surface area (TPSA) is 61.8 Å². The summed E-state index contributed by atoms with van der Waals surface area (Å²) in [4.78, 5) is 12.8. The number of carboxylic acids is 1. The van der Waals surface area contributed by atoms with Gasteiger partial charge in [0.05, 0.1) is 13.2 Å². The number of carbonyl (C=O) groups is 1. The van der Waals surface area contributed by atoms with Gasteiger partial charge in [-0.15, -0.1) is 0 Å². The molecule has 2 N–H and O–H groups in total. The van der Waals surface area contributed by atoms with E-state index in [1.807, 2.05) is 0 Å². The second-order valence-corrected chi connectivity index (χ2v) is 3.47. The first kappa shape index (κ1) is 11.4. The van der Waals surface area contributed by atoms with E-state index in [-0.39, 0.29) is 0 Å². The summed E-state index contributed by atoms with van der Waals surface area (Å²) >= 11 is 0. The summed E-state index contributed by atoms with van der Waals surface area (Å²) in [5.41, 5.74) is 0. The van der Waals surface area contributed by atoms with Gasteiger partial charge in [-0.25, -0.2) is 0 Å². The number of nitrogens with zero attached hydrogens (tertiary/aromatic N) is 1. The normalized spacial score (nSPS) is 20.6. The first-order chi connectivity index (χ1) is 6.70. The highest BCUT2D eigenvalue weighted by molar-refractivity contribution is 5.72. The predicted molar refractivity (Wildman–Crippen MR) is 52.4 cm³/mol. The smallest absolute Gasteiger partial charge is 0.320 e. The Bertz CT molecular complexity index is 181. The van der Waals surface area contributed by atoms with Crippen LogP contribution in [0.15, 0.2) is 0 Å². The molecule has 1 heterocycles. The summed E-state index contributed by atoms with van der Waals surface area (Å²) in [6.07, 6.45) is 0. The number of carboxylic acid groups (broad SMARTS) is 1. The molecule has 1 fully saturated rings. The Kier molecular flexibility index (Phi) is 4.86. The summed E-state index contributed by atoms with van der Waals surface area (Å²) < 4.78 is 5.21. The van der Waals surface area contributed by atoms with Crippen molar-refractivity contribution >= 4 is 5.97 Å². The zero-order chi connectivity index (χ0) is 10.4. The highest BCUT2D eigenvalue weighted by atomic mass is 16.5. The second-order valence-electron chi connectivity index (χ2n) is 3.47. The molecule has 0 spiro atoms. The molecule has 5 nitrogen and oxygen atoms in total. The van der Waals surface area contributed by atoms with Crippen molar-refractivity contribution in [2.45, 2.75) is 13.0 Å². The van der Waals surface area contributed by atoms with Crippen LogP contribution in [0.3, 0.4) is 0 Å². The number of nitrogens with one attached hydrogen (secondary N) is 1. The van der Waals surface area contributed by atoms with E-state index in [0.717, 1.165) is 32.8 Å². The van der Waals surface area contributed by atoms with Gasteiger partial charge in [-0.2, -0.15) is 0 Å². The van der Waals surface area contributed by atoms with Crippen molar-refractivity contribution in [3.8, 4) is 0 Å². The van der Waals surface area contributed by atoms with E-state index in [9.17, 15) is 4.79 Å². The van der Waals surface area contributed by atoms with Crippen LogP contribution in [-0.2, 0) is 9.53 Å². The maximum atomic E-state index is 10.5. The molecule has 0 bridgehead atoms. The minimum Gasteiger partial charge on any atom is -0.480 e. The molecule has 82 valence electrons. The summed E-state index contributed by atoms with van der Waals surface area (Å²) in [7, 11) is 0. The lowest BCUT2D eigenvalue weighted by molar-refractivity contribution is -0.139. The molecular formula is C9H18N2O3. The van der Waals surface area contributed by atoms with Crippen LogP contribution in [0.5, 0.6) is 0 Å². The van der Waals surface area contributed by atoms with Crippen molar-refractivity contribution in [1.82, 2.24) is 10.2 Å². The molecule has 1 unspecified atom stereocenters. The van der Waals surface area contributed by atoms with E-state index in [1.165, 1.54) is 0 Å². The molecule has 0 aromatic carbocycles. The molecule has 0 radical (unpaired) electrons. The molecule has 0 aromatic heterocycles. The van der Waals surface area contributed by atoms with E-state index in [1.54, 1.807) is 6.92 Å². The predicted octanol–water partition coefficient (Wildman–Crippen LogP) is -0.619. The Hall–Kier alpha value is -0.650. The molecule has 1 rings (SSSR count). The lowest BCUT2D eigenvalue weighted by atomic mass is 10.3. The van der Waals surface area contributed by atoms with Crippen LogP contribution < -0.4 is 5.32 Å². The van der Waals surface area contributed by atoms with Gasteiger partial charge in [0.15, 0.2) is 0 Å². The van der Waals surface area contributed by atoms with Crippen LogP contribution in [0.4, 0.5) is 0 Å². The fraction of sp³-hybridized carbons (Fsp3) is 0.889. The Balaban J connectivity index is 2.05. The third-order valence-corrected chi connectivity index (χ3v) is 2.35. The number of hydrogen-bond acceptors (Lipinski definition) is 4. The maximum absolute atomic E-state index is 10.5. The van der Waals surface area contributed by atoms with Crippen molar-refractivity contribution in [3.63, 3.8) is 0 Å².